The van der Waals surface area contributed by atoms with Crippen LogP contribution < -0.4 is 10.1 Å². The van der Waals surface area contributed by atoms with Gasteiger partial charge in [-0.05, 0) is 55.5 Å². The number of nitrogens with one attached hydrogen (secondary N) is 1. The molecule has 0 aliphatic heterocycles. The molecule has 3 heteroatoms. The molecule has 1 aromatic rings. The molecule has 0 bridgehead atoms. The highest BCUT2D eigenvalue weighted by atomic mass is 19.1. The van der Waals surface area contributed by atoms with E-state index in [1.54, 1.807) is 19.2 Å². The first-order chi connectivity index (χ1) is 8.20. The summed E-state index contributed by atoms with van der Waals surface area (Å²) in [6.45, 7) is 3.11. The Kier molecular flexibility index (Phi) is 4.00. The first-order valence-corrected chi connectivity index (χ1v) is 6.27. The van der Waals surface area contributed by atoms with Crippen molar-refractivity contribution in [2.75, 3.05) is 13.7 Å². The topological polar surface area (TPSA) is 21.3 Å². The zero-order valence-electron chi connectivity index (χ0n) is 10.5. The van der Waals surface area contributed by atoms with E-state index in [2.05, 4.69) is 12.2 Å². The molecule has 2 nitrogen and oxygen atoms in total. The van der Waals surface area contributed by atoms with Gasteiger partial charge in [-0.2, -0.15) is 0 Å². The van der Waals surface area contributed by atoms with Crippen LogP contribution in [0.5, 0.6) is 5.75 Å². The van der Waals surface area contributed by atoms with Crippen LogP contribution >= 0.6 is 0 Å². The molecule has 0 radical (unpaired) electrons. The number of methoxy groups -OCH3 is 1. The molecule has 1 atom stereocenters. The van der Waals surface area contributed by atoms with Crippen molar-refractivity contribution in [3.63, 3.8) is 0 Å². The fourth-order valence-electron chi connectivity index (χ4n) is 2.04. The minimum atomic E-state index is -0.192. The molecular weight excluding hydrogens is 217 g/mol. The van der Waals surface area contributed by atoms with Crippen molar-refractivity contribution in [3.8, 4) is 5.75 Å². The molecule has 0 saturated heterocycles. The van der Waals surface area contributed by atoms with Crippen molar-refractivity contribution in [1.82, 2.24) is 5.32 Å². The Morgan fingerprint density at radius 3 is 2.88 bits per heavy atom. The van der Waals surface area contributed by atoms with E-state index in [-0.39, 0.29) is 5.82 Å². The van der Waals surface area contributed by atoms with Crippen LogP contribution in [0, 0.1) is 5.82 Å². The minimum Gasteiger partial charge on any atom is -0.496 e. The van der Waals surface area contributed by atoms with Crippen LogP contribution in [0.4, 0.5) is 4.39 Å². The fourth-order valence-corrected chi connectivity index (χ4v) is 2.04. The number of halogens is 1. The molecule has 0 heterocycles. The second-order valence-corrected chi connectivity index (χ2v) is 4.80. The quantitative estimate of drug-likeness (QED) is 0.821. The van der Waals surface area contributed by atoms with E-state index < -0.39 is 0 Å². The van der Waals surface area contributed by atoms with Gasteiger partial charge in [-0.15, -0.1) is 0 Å². The monoisotopic (exact) mass is 237 g/mol. The lowest BCUT2D eigenvalue weighted by Gasteiger charge is -2.16. The molecule has 0 spiro atoms. The lowest BCUT2D eigenvalue weighted by atomic mass is 9.96. The van der Waals surface area contributed by atoms with Crippen molar-refractivity contribution in [2.45, 2.75) is 38.1 Å². The maximum absolute atomic E-state index is 13.2. The number of hydrogen-bond acceptors (Lipinski definition) is 2. The van der Waals surface area contributed by atoms with Gasteiger partial charge in [0.05, 0.1) is 7.11 Å². The Morgan fingerprint density at radius 2 is 2.24 bits per heavy atom. The maximum Gasteiger partial charge on any atom is 0.123 e. The summed E-state index contributed by atoms with van der Waals surface area (Å²) in [5.41, 5.74) is 0.963. The molecule has 0 aromatic heterocycles. The number of hydrogen-bond donors (Lipinski definition) is 1. The van der Waals surface area contributed by atoms with Crippen LogP contribution in [0.1, 0.15) is 37.7 Å². The standard InChI is InChI=1S/C14H20FNO/c1-10(7-8-16-12-4-5-12)13-9-11(15)3-6-14(13)17-2/h3,6,9-10,12,16H,4-5,7-8H2,1-2H3. The van der Waals surface area contributed by atoms with Gasteiger partial charge in [0, 0.05) is 6.04 Å². The normalized spacial score (nSPS) is 16.9. The zero-order valence-corrected chi connectivity index (χ0v) is 10.5. The predicted octanol–water partition coefficient (Wildman–Crippen LogP) is 3.08. The summed E-state index contributed by atoms with van der Waals surface area (Å²) in [7, 11) is 1.63. The Hall–Kier alpha value is -1.09. The van der Waals surface area contributed by atoms with Crippen LogP contribution in [0.25, 0.3) is 0 Å². The van der Waals surface area contributed by atoms with Gasteiger partial charge in [-0.1, -0.05) is 6.92 Å². The molecule has 1 saturated carbocycles. The van der Waals surface area contributed by atoms with E-state index in [0.29, 0.717) is 5.92 Å². The molecule has 1 unspecified atom stereocenters. The molecule has 1 aliphatic rings. The third-order valence-corrected chi connectivity index (χ3v) is 3.31. The summed E-state index contributed by atoms with van der Waals surface area (Å²) in [4.78, 5) is 0. The molecule has 17 heavy (non-hydrogen) atoms. The second kappa shape index (κ2) is 5.50. The number of rotatable bonds is 6. The van der Waals surface area contributed by atoms with Gasteiger partial charge in [0.15, 0.2) is 0 Å². The molecule has 2 rings (SSSR count). The van der Waals surface area contributed by atoms with Crippen LogP contribution in [-0.2, 0) is 0 Å². The maximum atomic E-state index is 13.2. The summed E-state index contributed by atoms with van der Waals surface area (Å²) in [6, 6.07) is 5.46. The molecule has 1 N–H and O–H groups in total. The van der Waals surface area contributed by atoms with Gasteiger partial charge in [0.1, 0.15) is 11.6 Å². The van der Waals surface area contributed by atoms with E-state index in [0.717, 1.165) is 30.3 Å². The van der Waals surface area contributed by atoms with Crippen molar-refractivity contribution < 1.29 is 9.13 Å². The van der Waals surface area contributed by atoms with Gasteiger partial charge in [0.2, 0.25) is 0 Å². The van der Waals surface area contributed by atoms with Crippen LogP contribution in [-0.4, -0.2) is 19.7 Å². The fraction of sp³-hybridized carbons (Fsp3) is 0.571. The Bertz CT molecular complexity index is 376. The van der Waals surface area contributed by atoms with E-state index in [9.17, 15) is 4.39 Å². The molecular formula is C14H20FNO. The highest BCUT2D eigenvalue weighted by molar-refractivity contribution is 5.36. The van der Waals surface area contributed by atoms with Crippen LogP contribution in [0.2, 0.25) is 0 Å². The molecule has 94 valence electrons. The lowest BCUT2D eigenvalue weighted by molar-refractivity contribution is 0.403. The average molecular weight is 237 g/mol. The SMILES string of the molecule is COc1ccc(F)cc1C(C)CCNC1CC1. The van der Waals surface area contributed by atoms with Crippen molar-refractivity contribution >= 4 is 0 Å². The summed E-state index contributed by atoms with van der Waals surface area (Å²) < 4.78 is 18.5. The Morgan fingerprint density at radius 1 is 1.47 bits per heavy atom. The summed E-state index contributed by atoms with van der Waals surface area (Å²) in [5, 5.41) is 3.47. The van der Waals surface area contributed by atoms with Crippen molar-refractivity contribution in [2.24, 2.45) is 0 Å². The minimum absolute atomic E-state index is 0.192. The van der Waals surface area contributed by atoms with E-state index in [1.165, 1.54) is 18.9 Å². The first kappa shape index (κ1) is 12.4. The number of benzene rings is 1. The Labute approximate surface area is 102 Å². The van der Waals surface area contributed by atoms with E-state index in [1.807, 2.05) is 0 Å². The van der Waals surface area contributed by atoms with E-state index >= 15 is 0 Å². The summed E-state index contributed by atoms with van der Waals surface area (Å²) >= 11 is 0. The highest BCUT2D eigenvalue weighted by Crippen LogP contribution is 2.29. The van der Waals surface area contributed by atoms with Gasteiger partial charge in [0.25, 0.3) is 0 Å². The zero-order chi connectivity index (χ0) is 12.3. The Balaban J connectivity index is 1.95. The average Bonchev–Trinajstić information content (AvgIpc) is 3.13. The van der Waals surface area contributed by atoms with Crippen LogP contribution in [0.15, 0.2) is 18.2 Å². The predicted molar refractivity (Wildman–Crippen MR) is 67.0 cm³/mol. The van der Waals surface area contributed by atoms with Gasteiger partial charge in [-0.25, -0.2) is 4.39 Å². The highest BCUT2D eigenvalue weighted by Gasteiger charge is 2.20. The van der Waals surface area contributed by atoms with Crippen LogP contribution in [0.3, 0.4) is 0 Å². The first-order valence-electron chi connectivity index (χ1n) is 6.27. The third kappa shape index (κ3) is 3.43. The summed E-state index contributed by atoms with van der Waals surface area (Å²) in [5.74, 6) is 0.903. The summed E-state index contributed by atoms with van der Waals surface area (Å²) in [6.07, 6.45) is 3.62. The van der Waals surface area contributed by atoms with Gasteiger partial charge < -0.3 is 10.1 Å². The largest absolute Gasteiger partial charge is 0.496 e. The van der Waals surface area contributed by atoms with Gasteiger partial charge in [-0.3, -0.25) is 0 Å². The molecule has 1 aliphatic carbocycles. The van der Waals surface area contributed by atoms with Gasteiger partial charge >= 0.3 is 0 Å². The lowest BCUT2D eigenvalue weighted by Crippen LogP contribution is -2.19. The van der Waals surface area contributed by atoms with E-state index in [4.69, 9.17) is 4.74 Å². The van der Waals surface area contributed by atoms with Crippen molar-refractivity contribution in [3.05, 3.63) is 29.6 Å². The molecule has 1 aromatic carbocycles. The second-order valence-electron chi connectivity index (χ2n) is 4.80. The smallest absolute Gasteiger partial charge is 0.123 e. The third-order valence-electron chi connectivity index (χ3n) is 3.31. The van der Waals surface area contributed by atoms with Crippen molar-refractivity contribution in [1.29, 1.82) is 0 Å². The molecule has 1 fully saturated rings. The molecule has 0 amide bonds. The number of ether oxygens (including phenoxy) is 1.